The third kappa shape index (κ3) is 9.32. The zero-order chi connectivity index (χ0) is 41.8. The van der Waals surface area contributed by atoms with Crippen molar-refractivity contribution >= 4 is 35.3 Å². The Morgan fingerprint density at radius 2 is 1.72 bits per heavy atom. The summed E-state index contributed by atoms with van der Waals surface area (Å²) in [6.45, 7) is 16.3. The fraction of sp³-hybridized carbons (Fsp3) is 0.438. The van der Waals surface area contributed by atoms with Crippen LogP contribution in [0.4, 0.5) is 0 Å². The van der Waals surface area contributed by atoms with E-state index in [2.05, 4.69) is 47.8 Å². The van der Waals surface area contributed by atoms with Gasteiger partial charge in [-0.2, -0.15) is 0 Å². The summed E-state index contributed by atoms with van der Waals surface area (Å²) in [4.78, 5) is 13.9. The van der Waals surface area contributed by atoms with Crippen molar-refractivity contribution < 1.29 is 31.4 Å². The number of hydrogen-bond donors (Lipinski definition) is 0. The Labute approximate surface area is 345 Å². The number of benzene rings is 2. The fourth-order valence-electron chi connectivity index (χ4n) is 7.67. The first-order valence-corrected chi connectivity index (χ1v) is 23.0. The Morgan fingerprint density at radius 3 is 2.46 bits per heavy atom. The summed E-state index contributed by atoms with van der Waals surface area (Å²) < 4.78 is 49.4. The van der Waals surface area contributed by atoms with Gasteiger partial charge in [0.2, 0.25) is 5.71 Å². The van der Waals surface area contributed by atoms with Gasteiger partial charge >= 0.3 is 0 Å². The van der Waals surface area contributed by atoms with Crippen LogP contribution >= 0.6 is 0 Å². The molecule has 4 aromatic heterocycles. The van der Waals surface area contributed by atoms with Crippen LogP contribution < -0.4 is 5.19 Å². The van der Waals surface area contributed by atoms with Crippen LogP contribution in [-0.4, -0.2) is 23.0 Å². The molecule has 0 spiro atoms. The molecule has 4 nitrogen and oxygen atoms in total. The maximum absolute atomic E-state index is 8.96. The number of nitrogens with zero attached hydrogens (tertiary/aromatic N) is 3. The molecule has 4 heterocycles. The Kier molecular flexibility index (Phi) is 10.5. The normalized spacial score (nSPS) is 17.4. The molecule has 2 aromatic carbocycles. The smallest absolute Gasteiger partial charge is 0.216 e. The van der Waals surface area contributed by atoms with Gasteiger partial charge in [-0.1, -0.05) is 115 Å². The molecule has 1 fully saturated rings. The fourth-order valence-corrected chi connectivity index (χ4v) is 9.07. The summed E-state index contributed by atoms with van der Waals surface area (Å²) >= 11 is 0. The van der Waals surface area contributed by atoms with Crippen molar-refractivity contribution in [2.24, 2.45) is 11.3 Å². The van der Waals surface area contributed by atoms with Crippen molar-refractivity contribution in [2.75, 3.05) is 0 Å². The van der Waals surface area contributed by atoms with Crippen molar-refractivity contribution in [1.82, 2.24) is 15.0 Å². The summed E-state index contributed by atoms with van der Waals surface area (Å²) in [7, 11) is -1.69. The van der Waals surface area contributed by atoms with Crippen molar-refractivity contribution in [3.05, 3.63) is 107 Å². The molecule has 1 saturated carbocycles. The van der Waals surface area contributed by atoms with Gasteiger partial charge in [-0.15, -0.1) is 58.7 Å². The molecule has 6 heteroatoms. The van der Waals surface area contributed by atoms with Gasteiger partial charge in [0.05, 0.1) is 13.7 Å². The van der Waals surface area contributed by atoms with Crippen LogP contribution in [0.5, 0.6) is 0 Å². The zero-order valence-electron chi connectivity index (χ0n) is 38.2. The van der Waals surface area contributed by atoms with E-state index in [1.807, 2.05) is 77.2 Å². The predicted octanol–water partition coefficient (Wildman–Crippen LogP) is 12.3. The van der Waals surface area contributed by atoms with E-state index >= 15 is 0 Å². The third-order valence-corrected chi connectivity index (χ3v) is 12.2. The first-order valence-electron chi connectivity index (χ1n) is 22.0. The second-order valence-electron chi connectivity index (χ2n) is 17.1. The van der Waals surface area contributed by atoms with Gasteiger partial charge in [-0.25, -0.2) is 4.98 Å². The predicted molar refractivity (Wildman–Crippen MR) is 225 cm³/mol. The van der Waals surface area contributed by atoms with E-state index in [0.29, 0.717) is 17.0 Å². The molecule has 0 amide bonds. The van der Waals surface area contributed by atoms with Crippen LogP contribution in [0.3, 0.4) is 0 Å². The first-order chi connectivity index (χ1) is 27.2. The quantitative estimate of drug-likeness (QED) is 0.118. The molecular formula is C48H57IrN3OSi-2. The largest absolute Gasteiger partial charge is 0.486 e. The van der Waals surface area contributed by atoms with Crippen molar-refractivity contribution in [2.45, 2.75) is 124 Å². The standard InChI is InChI=1S/C27H29N2O.C21H28NSi.Ir/c1-27(2,3)17-21-10-11-22-23-15-20(9-12-25(23)30-26(22)29-21)24-16-19(13-14-28-24)18-7-5-4-6-8-18;1-15(2)12-17-13-20(22-14-21(17)23(3,4)5)19-11-7-9-16-8-6-10-18(16)19;/h10-16,18H,4-8,17H2,1-3H3;7,9,13-15H,6,8,10,12H2,1-5H3;/q2*-1;/i17D2,18D;12D2;. The van der Waals surface area contributed by atoms with E-state index in [9.17, 15) is 0 Å². The zero-order valence-corrected chi connectivity index (χ0v) is 36.6. The molecule has 0 saturated heterocycles. The molecule has 1 radical (unpaired) electrons. The molecule has 0 bridgehead atoms. The van der Waals surface area contributed by atoms with Gasteiger partial charge in [0.15, 0.2) is 0 Å². The topological polar surface area (TPSA) is 51.8 Å². The van der Waals surface area contributed by atoms with Crippen LogP contribution in [0.15, 0.2) is 71.4 Å². The number of furan rings is 1. The number of hydrogen-bond acceptors (Lipinski definition) is 4. The van der Waals surface area contributed by atoms with Gasteiger partial charge in [0, 0.05) is 50.4 Å². The summed E-state index contributed by atoms with van der Waals surface area (Å²) in [5.41, 5.74) is 9.06. The van der Waals surface area contributed by atoms with Gasteiger partial charge < -0.3 is 14.4 Å². The number of aryl methyl sites for hydroxylation is 1. The molecular weight excluding hydrogens is 855 g/mol. The minimum absolute atomic E-state index is 0. The Hall–Kier alpha value is -3.44. The SMILES string of the molecule is [2H]C([2H])(c1cc(-c2[c-]ccc3c2CCC3)ncc1[Si](C)(C)C)C(C)C.[2H]C1(c2ccnc(-c3[c-]cc4oc5nc(C([2H])([2H])C(C)(C)C)ccc5c4c3)c2)CCCCC1.[Ir]. The Bertz CT molecular complexity index is 2460. The average molecular weight is 917 g/mol. The minimum atomic E-state index is -1.69. The van der Waals surface area contributed by atoms with E-state index in [-0.39, 0.29) is 26.0 Å². The number of rotatable bonds is 7. The Morgan fingerprint density at radius 1 is 0.926 bits per heavy atom. The van der Waals surface area contributed by atoms with Crippen molar-refractivity contribution in [3.63, 3.8) is 0 Å². The van der Waals surface area contributed by atoms with Gasteiger partial charge in [0.25, 0.3) is 0 Å². The third-order valence-electron chi connectivity index (χ3n) is 10.2. The maximum atomic E-state index is 8.96. The first kappa shape index (κ1) is 33.9. The van der Waals surface area contributed by atoms with Crippen LogP contribution in [-0.2, 0) is 45.7 Å². The second-order valence-corrected chi connectivity index (χ2v) is 22.2. The van der Waals surface area contributed by atoms with Crippen LogP contribution in [0, 0.1) is 23.5 Å². The molecule has 0 atom stereocenters. The van der Waals surface area contributed by atoms with E-state index in [0.717, 1.165) is 88.1 Å². The number of aromatic nitrogens is 3. The van der Waals surface area contributed by atoms with E-state index in [1.54, 1.807) is 18.3 Å². The van der Waals surface area contributed by atoms with Gasteiger partial charge in [-0.3, -0.25) is 0 Å². The summed E-state index contributed by atoms with van der Waals surface area (Å²) in [6.07, 6.45) is 9.38. The molecule has 2 aliphatic carbocycles. The molecule has 2 aliphatic rings. The maximum Gasteiger partial charge on any atom is 0.216 e. The van der Waals surface area contributed by atoms with E-state index < -0.39 is 32.1 Å². The molecule has 6 aromatic rings. The van der Waals surface area contributed by atoms with Crippen LogP contribution in [0.25, 0.3) is 44.6 Å². The minimum Gasteiger partial charge on any atom is -0.486 e. The van der Waals surface area contributed by atoms with Crippen molar-refractivity contribution in [1.29, 1.82) is 0 Å². The Balaban J connectivity index is 0.000000203. The average Bonchev–Trinajstić information content (AvgIpc) is 3.82. The molecule has 285 valence electrons. The molecule has 0 unspecified atom stereocenters. The van der Waals surface area contributed by atoms with Crippen LogP contribution in [0.2, 0.25) is 19.6 Å². The van der Waals surface area contributed by atoms with Crippen molar-refractivity contribution in [3.8, 4) is 22.5 Å². The van der Waals surface area contributed by atoms with Gasteiger partial charge in [0.1, 0.15) is 0 Å². The monoisotopic (exact) mass is 917 g/mol. The molecule has 8 rings (SSSR count). The number of pyridine rings is 3. The van der Waals surface area contributed by atoms with Gasteiger partial charge in [-0.05, 0) is 84.0 Å². The second kappa shape index (κ2) is 16.7. The summed E-state index contributed by atoms with van der Waals surface area (Å²) in [5.74, 6) is -0.613. The van der Waals surface area contributed by atoms with E-state index in [1.165, 1.54) is 24.0 Å². The summed E-state index contributed by atoms with van der Waals surface area (Å²) in [6, 6.07) is 24.3. The molecule has 0 N–H and O–H groups in total. The van der Waals surface area contributed by atoms with Crippen LogP contribution in [0.1, 0.15) is 114 Å². The number of fused-ring (bicyclic) bond motifs is 4. The molecule has 0 aliphatic heterocycles. The molecule has 54 heavy (non-hydrogen) atoms. The van der Waals surface area contributed by atoms with E-state index in [4.69, 9.17) is 16.3 Å². The summed E-state index contributed by atoms with van der Waals surface area (Å²) in [5, 5.41) is 2.87.